The molecule has 0 aromatic heterocycles. The zero-order valence-electron chi connectivity index (χ0n) is 11.5. The fourth-order valence-corrected chi connectivity index (χ4v) is 3.46. The molecule has 2 rings (SSSR count). The van der Waals surface area contributed by atoms with Gasteiger partial charge in [-0.05, 0) is 44.4 Å². The third-order valence-electron chi connectivity index (χ3n) is 4.19. The maximum absolute atomic E-state index is 12.1. The summed E-state index contributed by atoms with van der Waals surface area (Å²) < 4.78 is 27.0. The van der Waals surface area contributed by atoms with Gasteiger partial charge in [0.15, 0.2) is 0 Å². The van der Waals surface area contributed by atoms with Gasteiger partial charge < -0.3 is 5.32 Å². The number of nitrogens with one attached hydrogen (secondary N) is 2. The molecule has 0 bridgehead atoms. The monoisotopic (exact) mass is 274 g/mol. The molecule has 0 amide bonds. The summed E-state index contributed by atoms with van der Waals surface area (Å²) >= 11 is 0. The van der Waals surface area contributed by atoms with Crippen LogP contribution in [0, 0.1) is 5.41 Å². The Morgan fingerprint density at radius 1 is 1.33 bits per heavy atom. The van der Waals surface area contributed by atoms with Crippen LogP contribution in [0.1, 0.15) is 52.4 Å². The van der Waals surface area contributed by atoms with Crippen LogP contribution < -0.4 is 10.0 Å². The van der Waals surface area contributed by atoms with E-state index < -0.39 is 10.0 Å². The highest BCUT2D eigenvalue weighted by molar-refractivity contribution is 7.90. The van der Waals surface area contributed by atoms with Crippen LogP contribution in [-0.4, -0.2) is 32.8 Å². The van der Waals surface area contributed by atoms with E-state index in [9.17, 15) is 8.42 Å². The van der Waals surface area contributed by atoms with Crippen LogP contribution >= 0.6 is 0 Å². The van der Waals surface area contributed by atoms with E-state index in [1.54, 1.807) is 6.92 Å². The first-order valence-electron chi connectivity index (χ1n) is 7.19. The van der Waals surface area contributed by atoms with Gasteiger partial charge >= 0.3 is 0 Å². The average Bonchev–Trinajstić information content (AvgIpc) is 3.20. The van der Waals surface area contributed by atoms with Crippen molar-refractivity contribution in [3.63, 3.8) is 0 Å². The second-order valence-corrected chi connectivity index (χ2v) is 8.29. The minimum atomic E-state index is -3.15. The van der Waals surface area contributed by atoms with E-state index in [1.165, 1.54) is 25.7 Å². The van der Waals surface area contributed by atoms with E-state index in [4.69, 9.17) is 0 Å². The van der Waals surface area contributed by atoms with Gasteiger partial charge in [0.25, 0.3) is 0 Å². The summed E-state index contributed by atoms with van der Waals surface area (Å²) in [6.45, 7) is 5.16. The molecule has 1 atom stereocenters. The number of hydrogen-bond acceptors (Lipinski definition) is 3. The standard InChI is InChI=1S/C13H26N2O2S/c1-3-6-13(7-8-13)10-15-18(16,17)11(2)9-14-12-4-5-12/h11-12,14-15H,3-10H2,1-2H3. The van der Waals surface area contributed by atoms with Crippen LogP contribution in [0.5, 0.6) is 0 Å². The Kier molecular flexibility index (Phi) is 4.34. The fraction of sp³-hybridized carbons (Fsp3) is 1.00. The van der Waals surface area contributed by atoms with Crippen molar-refractivity contribution in [3.8, 4) is 0 Å². The van der Waals surface area contributed by atoms with Crippen molar-refractivity contribution in [1.29, 1.82) is 0 Å². The number of hydrogen-bond donors (Lipinski definition) is 2. The molecule has 0 aromatic carbocycles. The van der Waals surface area contributed by atoms with Gasteiger partial charge in [0, 0.05) is 19.1 Å². The zero-order chi connectivity index (χ0) is 13.2. The van der Waals surface area contributed by atoms with Crippen LogP contribution in [0.4, 0.5) is 0 Å². The molecule has 18 heavy (non-hydrogen) atoms. The van der Waals surface area contributed by atoms with Crippen LogP contribution in [0.15, 0.2) is 0 Å². The largest absolute Gasteiger partial charge is 0.313 e. The second-order valence-electron chi connectivity index (χ2n) is 6.11. The third-order valence-corrected chi connectivity index (χ3v) is 5.96. The van der Waals surface area contributed by atoms with Gasteiger partial charge in [-0.15, -0.1) is 0 Å². The van der Waals surface area contributed by atoms with Crippen molar-refractivity contribution in [3.05, 3.63) is 0 Å². The molecular formula is C13H26N2O2S. The first-order chi connectivity index (χ1) is 8.47. The van der Waals surface area contributed by atoms with Crippen molar-refractivity contribution < 1.29 is 8.42 Å². The minimum Gasteiger partial charge on any atom is -0.313 e. The zero-order valence-corrected chi connectivity index (χ0v) is 12.4. The van der Waals surface area contributed by atoms with Crippen LogP contribution in [0.3, 0.4) is 0 Å². The molecule has 0 aliphatic heterocycles. The summed E-state index contributed by atoms with van der Waals surface area (Å²) in [4.78, 5) is 0. The average molecular weight is 274 g/mol. The summed E-state index contributed by atoms with van der Waals surface area (Å²) in [5.41, 5.74) is 0.283. The predicted molar refractivity (Wildman–Crippen MR) is 74.0 cm³/mol. The molecule has 2 fully saturated rings. The first kappa shape index (κ1) is 14.3. The summed E-state index contributed by atoms with van der Waals surface area (Å²) in [6.07, 6.45) is 7.03. The molecule has 0 spiro atoms. The Hall–Kier alpha value is -0.130. The Morgan fingerprint density at radius 2 is 2.00 bits per heavy atom. The van der Waals surface area contributed by atoms with Crippen LogP contribution in [0.25, 0.3) is 0 Å². The van der Waals surface area contributed by atoms with Gasteiger partial charge in [-0.25, -0.2) is 13.1 Å². The van der Waals surface area contributed by atoms with Gasteiger partial charge in [0.05, 0.1) is 5.25 Å². The number of rotatable bonds is 9. The lowest BCUT2D eigenvalue weighted by Gasteiger charge is -2.18. The maximum atomic E-state index is 12.1. The molecule has 1 unspecified atom stereocenters. The van der Waals surface area contributed by atoms with Gasteiger partial charge in [-0.3, -0.25) is 0 Å². The predicted octanol–water partition coefficient (Wildman–Crippen LogP) is 1.63. The van der Waals surface area contributed by atoms with E-state index in [1.807, 2.05) is 0 Å². The Morgan fingerprint density at radius 3 is 2.50 bits per heavy atom. The van der Waals surface area contributed by atoms with Crippen molar-refractivity contribution in [1.82, 2.24) is 10.0 Å². The molecular weight excluding hydrogens is 248 g/mol. The third kappa shape index (κ3) is 3.93. The van der Waals surface area contributed by atoms with Gasteiger partial charge in [0.1, 0.15) is 0 Å². The fourth-order valence-electron chi connectivity index (χ4n) is 2.35. The van der Waals surface area contributed by atoms with Crippen molar-refractivity contribution >= 4 is 10.0 Å². The lowest BCUT2D eigenvalue weighted by molar-refractivity contribution is 0.447. The molecule has 2 aliphatic rings. The minimum absolute atomic E-state index is 0.283. The summed E-state index contributed by atoms with van der Waals surface area (Å²) in [6, 6.07) is 0.567. The lowest BCUT2D eigenvalue weighted by Crippen LogP contribution is -2.41. The summed E-state index contributed by atoms with van der Waals surface area (Å²) in [5.74, 6) is 0. The highest BCUT2D eigenvalue weighted by Crippen LogP contribution is 2.49. The highest BCUT2D eigenvalue weighted by Gasteiger charge is 2.42. The molecule has 2 aliphatic carbocycles. The molecule has 0 saturated heterocycles. The molecule has 5 heteroatoms. The van der Waals surface area contributed by atoms with Crippen LogP contribution in [0.2, 0.25) is 0 Å². The van der Waals surface area contributed by atoms with Crippen LogP contribution in [-0.2, 0) is 10.0 Å². The molecule has 2 saturated carbocycles. The smallest absolute Gasteiger partial charge is 0.215 e. The number of sulfonamides is 1. The normalized spacial score (nSPS) is 23.9. The van der Waals surface area contributed by atoms with E-state index >= 15 is 0 Å². The van der Waals surface area contributed by atoms with Crippen molar-refractivity contribution in [2.24, 2.45) is 5.41 Å². The second kappa shape index (κ2) is 5.47. The SMILES string of the molecule is CCCC1(CNS(=O)(=O)C(C)CNC2CC2)CC1. The van der Waals surface area contributed by atoms with Crippen molar-refractivity contribution in [2.45, 2.75) is 63.7 Å². The summed E-state index contributed by atoms with van der Waals surface area (Å²) in [7, 11) is -3.15. The molecule has 4 nitrogen and oxygen atoms in total. The van der Waals surface area contributed by atoms with E-state index in [0.29, 0.717) is 19.1 Å². The van der Waals surface area contributed by atoms with Gasteiger partial charge in [-0.2, -0.15) is 0 Å². The Balaban J connectivity index is 1.75. The molecule has 0 radical (unpaired) electrons. The van der Waals surface area contributed by atoms with Gasteiger partial charge in [0.2, 0.25) is 10.0 Å². The van der Waals surface area contributed by atoms with E-state index in [2.05, 4.69) is 17.0 Å². The van der Waals surface area contributed by atoms with Crippen molar-refractivity contribution in [2.75, 3.05) is 13.1 Å². The molecule has 0 aromatic rings. The first-order valence-corrected chi connectivity index (χ1v) is 8.74. The lowest BCUT2D eigenvalue weighted by atomic mass is 10.0. The quantitative estimate of drug-likeness (QED) is 0.672. The molecule has 0 heterocycles. The topological polar surface area (TPSA) is 58.2 Å². The van der Waals surface area contributed by atoms with E-state index in [0.717, 1.165) is 12.8 Å². The van der Waals surface area contributed by atoms with E-state index in [-0.39, 0.29) is 10.7 Å². The highest BCUT2D eigenvalue weighted by atomic mass is 32.2. The molecule has 106 valence electrons. The maximum Gasteiger partial charge on any atom is 0.215 e. The summed E-state index contributed by atoms with van der Waals surface area (Å²) in [5, 5.41) is 2.94. The van der Waals surface area contributed by atoms with Gasteiger partial charge in [-0.1, -0.05) is 13.3 Å². The molecule has 2 N–H and O–H groups in total. The Bertz CT molecular complexity index is 372. The Labute approximate surface area is 111 Å².